The zero-order valence-corrected chi connectivity index (χ0v) is 14.7. The monoisotopic (exact) mass is 352 g/mol. The molecule has 2 aromatic heterocycles. The second kappa shape index (κ2) is 8.20. The number of ether oxygens (including phenoxy) is 2. The Balaban J connectivity index is 1.55. The lowest BCUT2D eigenvalue weighted by Gasteiger charge is -2.05. The number of hydrogen-bond acceptors (Lipinski definition) is 5. The number of aromatic nitrogens is 2. The number of furan rings is 1. The number of nitrogens with zero attached hydrogens (tertiary/aromatic N) is 2. The van der Waals surface area contributed by atoms with Gasteiger partial charge in [0.25, 0.3) is 0 Å². The van der Waals surface area contributed by atoms with Crippen LogP contribution in [0.4, 0.5) is 0 Å². The van der Waals surface area contributed by atoms with E-state index in [4.69, 9.17) is 13.9 Å². The van der Waals surface area contributed by atoms with Gasteiger partial charge in [-0.05, 0) is 55.5 Å². The van der Waals surface area contributed by atoms with Gasteiger partial charge in [-0.1, -0.05) is 0 Å². The molecule has 0 unspecified atom stereocenters. The Morgan fingerprint density at radius 3 is 2.65 bits per heavy atom. The van der Waals surface area contributed by atoms with E-state index in [-0.39, 0.29) is 5.78 Å². The Labute approximate surface area is 151 Å². The topological polar surface area (TPSA) is 66.5 Å². The Kier molecular flexibility index (Phi) is 5.53. The van der Waals surface area contributed by atoms with Gasteiger partial charge in [0.15, 0.2) is 5.78 Å². The summed E-state index contributed by atoms with van der Waals surface area (Å²) in [7, 11) is 1.62. The Morgan fingerprint density at radius 1 is 1.19 bits per heavy atom. The predicted molar refractivity (Wildman–Crippen MR) is 97.3 cm³/mol. The number of carbonyl (C=O) groups is 1. The fourth-order valence-corrected chi connectivity index (χ4v) is 2.31. The van der Waals surface area contributed by atoms with Gasteiger partial charge >= 0.3 is 0 Å². The molecule has 0 saturated heterocycles. The molecule has 0 aliphatic heterocycles. The van der Waals surface area contributed by atoms with Gasteiger partial charge in [0, 0.05) is 12.7 Å². The van der Waals surface area contributed by atoms with Gasteiger partial charge < -0.3 is 13.9 Å². The molecule has 0 atom stereocenters. The van der Waals surface area contributed by atoms with Gasteiger partial charge in [-0.15, -0.1) is 0 Å². The van der Waals surface area contributed by atoms with Crippen molar-refractivity contribution in [3.05, 3.63) is 72.0 Å². The molecule has 0 aliphatic rings. The first-order chi connectivity index (χ1) is 12.7. The van der Waals surface area contributed by atoms with E-state index in [9.17, 15) is 4.79 Å². The van der Waals surface area contributed by atoms with Gasteiger partial charge in [0.2, 0.25) is 0 Å². The van der Waals surface area contributed by atoms with E-state index < -0.39 is 0 Å². The highest BCUT2D eigenvalue weighted by atomic mass is 16.5. The molecule has 6 heteroatoms. The van der Waals surface area contributed by atoms with E-state index >= 15 is 0 Å². The highest BCUT2D eigenvalue weighted by Crippen LogP contribution is 2.19. The van der Waals surface area contributed by atoms with Gasteiger partial charge in [0.05, 0.1) is 18.9 Å². The normalized spacial score (nSPS) is 11.0. The molecule has 1 aromatic carbocycles. The molecule has 0 bridgehead atoms. The lowest BCUT2D eigenvalue weighted by atomic mass is 10.2. The Bertz CT molecular complexity index is 891. The van der Waals surface area contributed by atoms with E-state index in [1.54, 1.807) is 36.3 Å². The zero-order chi connectivity index (χ0) is 18.4. The minimum Gasteiger partial charge on any atom is -0.497 e. The van der Waals surface area contributed by atoms with Gasteiger partial charge in [-0.2, -0.15) is 5.10 Å². The van der Waals surface area contributed by atoms with E-state index in [0.29, 0.717) is 23.7 Å². The third kappa shape index (κ3) is 4.42. The Hall–Kier alpha value is -3.28. The van der Waals surface area contributed by atoms with Crippen molar-refractivity contribution in [2.45, 2.75) is 20.1 Å². The summed E-state index contributed by atoms with van der Waals surface area (Å²) in [5.74, 6) is 2.65. The summed E-state index contributed by atoms with van der Waals surface area (Å²) < 4.78 is 18.1. The fourth-order valence-electron chi connectivity index (χ4n) is 2.31. The highest BCUT2D eigenvalue weighted by molar-refractivity contribution is 6.06. The first kappa shape index (κ1) is 17.5. The third-order valence-corrected chi connectivity index (χ3v) is 3.76. The number of hydrogen-bond donors (Lipinski definition) is 0. The molecular weight excluding hydrogens is 332 g/mol. The molecule has 0 aliphatic carbocycles. The summed E-state index contributed by atoms with van der Waals surface area (Å²) in [4.78, 5) is 12.1. The average Bonchev–Trinajstić information content (AvgIpc) is 3.34. The van der Waals surface area contributed by atoms with Crippen LogP contribution in [0.1, 0.15) is 28.8 Å². The van der Waals surface area contributed by atoms with Gasteiger partial charge in [-0.3, -0.25) is 9.48 Å². The number of carbonyl (C=O) groups excluding carboxylic acids is 1. The number of benzene rings is 1. The van der Waals surface area contributed by atoms with Crippen molar-refractivity contribution < 1.29 is 18.7 Å². The largest absolute Gasteiger partial charge is 0.497 e. The standard InChI is InChI=1S/C20H20N2O4/c1-3-22-13-15(12-21-22)20(23)11-10-18-8-9-19(26-18)14-25-17-6-4-16(24-2)5-7-17/h4-13H,3,14H2,1-2H3/b11-10+. The van der Waals surface area contributed by atoms with Crippen molar-refractivity contribution in [1.82, 2.24) is 9.78 Å². The maximum Gasteiger partial charge on any atom is 0.189 e. The van der Waals surface area contributed by atoms with Crippen LogP contribution >= 0.6 is 0 Å². The van der Waals surface area contributed by atoms with Crippen LogP contribution in [0.5, 0.6) is 11.5 Å². The molecule has 3 rings (SSSR count). The summed E-state index contributed by atoms with van der Waals surface area (Å²) >= 11 is 0. The molecular formula is C20H20N2O4. The molecule has 26 heavy (non-hydrogen) atoms. The SMILES string of the molecule is CCn1cc(C(=O)/C=C/c2ccc(COc3ccc(OC)cc3)o2)cn1. The van der Waals surface area contributed by atoms with Crippen LogP contribution in [0, 0.1) is 0 Å². The molecule has 0 fully saturated rings. The third-order valence-electron chi connectivity index (χ3n) is 3.76. The summed E-state index contributed by atoms with van der Waals surface area (Å²) in [5, 5.41) is 4.09. The molecule has 3 aromatic rings. The second-order valence-corrected chi connectivity index (χ2v) is 5.55. The maximum atomic E-state index is 12.1. The number of aryl methyl sites for hydroxylation is 1. The van der Waals surface area contributed by atoms with Crippen molar-refractivity contribution in [3.8, 4) is 11.5 Å². The van der Waals surface area contributed by atoms with Crippen molar-refractivity contribution >= 4 is 11.9 Å². The number of ketones is 1. The van der Waals surface area contributed by atoms with Crippen molar-refractivity contribution in [3.63, 3.8) is 0 Å². The molecule has 6 nitrogen and oxygen atoms in total. The molecule has 0 saturated carbocycles. The van der Waals surface area contributed by atoms with Crippen LogP contribution < -0.4 is 9.47 Å². The van der Waals surface area contributed by atoms with E-state index in [1.165, 1.54) is 6.08 Å². The lowest BCUT2D eigenvalue weighted by molar-refractivity contribution is 0.104. The minimum atomic E-state index is -0.114. The molecule has 0 amide bonds. The molecule has 0 radical (unpaired) electrons. The number of rotatable bonds is 8. The van der Waals surface area contributed by atoms with Crippen molar-refractivity contribution in [2.24, 2.45) is 0 Å². The molecule has 0 N–H and O–H groups in total. The lowest BCUT2D eigenvalue weighted by Crippen LogP contribution is -1.94. The second-order valence-electron chi connectivity index (χ2n) is 5.55. The quantitative estimate of drug-likeness (QED) is 0.453. The predicted octanol–water partition coefficient (Wildman–Crippen LogP) is 3.98. The highest BCUT2D eigenvalue weighted by Gasteiger charge is 2.06. The summed E-state index contributed by atoms with van der Waals surface area (Å²) in [6.45, 7) is 3.00. The molecule has 2 heterocycles. The molecule has 0 spiro atoms. The average molecular weight is 352 g/mol. The first-order valence-corrected chi connectivity index (χ1v) is 8.28. The van der Waals surface area contributed by atoms with Crippen LogP contribution in [0.15, 0.2) is 59.3 Å². The Morgan fingerprint density at radius 2 is 1.96 bits per heavy atom. The molecule has 134 valence electrons. The van der Waals surface area contributed by atoms with Gasteiger partial charge in [0.1, 0.15) is 29.6 Å². The van der Waals surface area contributed by atoms with Crippen LogP contribution in [0.2, 0.25) is 0 Å². The summed E-state index contributed by atoms with van der Waals surface area (Å²) in [6.07, 6.45) is 6.40. The van der Waals surface area contributed by atoms with E-state index in [2.05, 4.69) is 5.10 Å². The first-order valence-electron chi connectivity index (χ1n) is 8.28. The smallest absolute Gasteiger partial charge is 0.189 e. The van der Waals surface area contributed by atoms with Crippen molar-refractivity contribution in [1.29, 1.82) is 0 Å². The summed E-state index contributed by atoms with van der Waals surface area (Å²) in [5.41, 5.74) is 0.553. The van der Waals surface area contributed by atoms with Crippen LogP contribution in [-0.4, -0.2) is 22.7 Å². The number of allylic oxidation sites excluding steroid dienone is 1. The van der Waals surface area contributed by atoms with Crippen LogP contribution in [-0.2, 0) is 13.2 Å². The van der Waals surface area contributed by atoms with Crippen LogP contribution in [0.3, 0.4) is 0 Å². The van der Waals surface area contributed by atoms with Crippen LogP contribution in [0.25, 0.3) is 6.08 Å². The minimum absolute atomic E-state index is 0.114. The zero-order valence-electron chi connectivity index (χ0n) is 14.7. The number of methoxy groups -OCH3 is 1. The summed E-state index contributed by atoms with van der Waals surface area (Å²) in [6, 6.07) is 10.9. The van der Waals surface area contributed by atoms with Gasteiger partial charge in [-0.25, -0.2) is 0 Å². The van der Waals surface area contributed by atoms with E-state index in [0.717, 1.165) is 18.0 Å². The fraction of sp³-hybridized carbons (Fsp3) is 0.200. The van der Waals surface area contributed by atoms with E-state index in [1.807, 2.05) is 37.3 Å². The van der Waals surface area contributed by atoms with Crippen molar-refractivity contribution in [2.75, 3.05) is 7.11 Å². The maximum absolute atomic E-state index is 12.1.